The van der Waals surface area contributed by atoms with Gasteiger partial charge in [0.05, 0.1) is 5.56 Å². The zero-order valence-corrected chi connectivity index (χ0v) is 12.6. The molecule has 3 nitrogen and oxygen atoms in total. The number of benzene rings is 1. The van der Waals surface area contributed by atoms with Crippen molar-refractivity contribution >= 4 is 27.5 Å². The molecule has 0 bridgehead atoms. The first-order valence-corrected chi connectivity index (χ1v) is 7.13. The highest BCUT2D eigenvalue weighted by atomic mass is 79.9. The number of carbonyl (C=O) groups is 1. The molecule has 0 aromatic heterocycles. The number of rotatable bonds is 6. The van der Waals surface area contributed by atoms with Crippen molar-refractivity contribution in [2.45, 2.75) is 33.1 Å². The minimum Gasteiger partial charge on any atom is -0.398 e. The zero-order chi connectivity index (χ0) is 13.5. The Balaban J connectivity index is 2.36. The Bertz CT molecular complexity index is 405. The van der Waals surface area contributed by atoms with Crippen molar-refractivity contribution in [3.63, 3.8) is 0 Å². The number of nitrogens with two attached hydrogens (primary N) is 1. The number of anilines is 1. The summed E-state index contributed by atoms with van der Waals surface area (Å²) in [7, 11) is 0. The van der Waals surface area contributed by atoms with Gasteiger partial charge < -0.3 is 11.1 Å². The van der Waals surface area contributed by atoms with Crippen molar-refractivity contribution in [2.24, 2.45) is 5.92 Å². The van der Waals surface area contributed by atoms with Crippen LogP contribution in [0.25, 0.3) is 0 Å². The minimum absolute atomic E-state index is 0.0930. The molecule has 0 heterocycles. The molecule has 0 saturated carbocycles. The second-order valence-electron chi connectivity index (χ2n) is 4.88. The summed E-state index contributed by atoms with van der Waals surface area (Å²) < 4.78 is 0.883. The van der Waals surface area contributed by atoms with Crippen molar-refractivity contribution in [1.29, 1.82) is 0 Å². The van der Waals surface area contributed by atoms with Gasteiger partial charge in [-0.1, -0.05) is 42.6 Å². The molecule has 1 amide bonds. The maximum Gasteiger partial charge on any atom is 0.253 e. The Hall–Kier alpha value is -1.03. The van der Waals surface area contributed by atoms with Crippen molar-refractivity contribution < 1.29 is 4.79 Å². The lowest BCUT2D eigenvalue weighted by Crippen LogP contribution is -2.25. The van der Waals surface area contributed by atoms with Crippen molar-refractivity contribution in [1.82, 2.24) is 5.32 Å². The number of hydrogen-bond acceptors (Lipinski definition) is 2. The monoisotopic (exact) mass is 312 g/mol. The molecule has 3 N–H and O–H groups in total. The SMILES string of the molecule is CC(C)CCCCNC(=O)c1ccc(Br)cc1N. The molecule has 4 heteroatoms. The molecule has 18 heavy (non-hydrogen) atoms. The molecule has 1 aromatic rings. The smallest absolute Gasteiger partial charge is 0.253 e. The molecule has 1 rings (SSSR count). The van der Waals surface area contributed by atoms with Crippen molar-refractivity contribution in [2.75, 3.05) is 12.3 Å². The highest BCUT2D eigenvalue weighted by Crippen LogP contribution is 2.18. The van der Waals surface area contributed by atoms with Crippen LogP contribution >= 0.6 is 15.9 Å². The second kappa shape index (κ2) is 7.41. The van der Waals surface area contributed by atoms with Crippen LogP contribution in [0.15, 0.2) is 22.7 Å². The first kappa shape index (κ1) is 15.0. The normalized spacial score (nSPS) is 10.7. The fourth-order valence-electron chi connectivity index (χ4n) is 1.72. The van der Waals surface area contributed by atoms with E-state index in [1.54, 1.807) is 12.1 Å². The molecule has 0 unspecified atom stereocenters. The van der Waals surface area contributed by atoms with Gasteiger partial charge in [0.15, 0.2) is 0 Å². The number of halogens is 1. The summed E-state index contributed by atoms with van der Waals surface area (Å²) in [4.78, 5) is 11.9. The Morgan fingerprint density at radius 1 is 1.39 bits per heavy atom. The van der Waals surface area contributed by atoms with Gasteiger partial charge in [-0.15, -0.1) is 0 Å². The van der Waals surface area contributed by atoms with Gasteiger partial charge in [-0.2, -0.15) is 0 Å². The largest absolute Gasteiger partial charge is 0.398 e. The van der Waals surface area contributed by atoms with E-state index in [9.17, 15) is 4.79 Å². The molecular formula is C14H21BrN2O. The van der Waals surface area contributed by atoms with E-state index >= 15 is 0 Å². The van der Waals surface area contributed by atoms with Crippen LogP contribution in [0.4, 0.5) is 5.69 Å². The van der Waals surface area contributed by atoms with Crippen LogP contribution in [-0.2, 0) is 0 Å². The fourth-order valence-corrected chi connectivity index (χ4v) is 2.09. The Labute approximate surface area is 117 Å². The molecule has 0 fully saturated rings. The third-order valence-corrected chi connectivity index (χ3v) is 3.25. The summed E-state index contributed by atoms with van der Waals surface area (Å²) in [6.45, 7) is 5.13. The molecule has 0 atom stereocenters. The van der Waals surface area contributed by atoms with E-state index in [4.69, 9.17) is 5.73 Å². The van der Waals surface area contributed by atoms with Crippen LogP contribution in [0, 0.1) is 5.92 Å². The summed E-state index contributed by atoms with van der Waals surface area (Å²) in [5, 5.41) is 2.90. The average Bonchev–Trinajstić information content (AvgIpc) is 2.27. The molecule has 0 spiro atoms. The van der Waals surface area contributed by atoms with Crippen molar-refractivity contribution in [3.05, 3.63) is 28.2 Å². The van der Waals surface area contributed by atoms with E-state index < -0.39 is 0 Å². The van der Waals surface area contributed by atoms with Crippen LogP contribution < -0.4 is 11.1 Å². The van der Waals surface area contributed by atoms with Crippen LogP contribution in [0.2, 0.25) is 0 Å². The molecule has 0 saturated heterocycles. The van der Waals surface area contributed by atoms with Gasteiger partial charge in [0.25, 0.3) is 5.91 Å². The maximum atomic E-state index is 11.9. The predicted molar refractivity (Wildman–Crippen MR) is 79.6 cm³/mol. The van der Waals surface area contributed by atoms with Crippen molar-refractivity contribution in [3.8, 4) is 0 Å². The second-order valence-corrected chi connectivity index (χ2v) is 5.79. The molecule has 0 aliphatic heterocycles. The molecular weight excluding hydrogens is 292 g/mol. The molecule has 100 valence electrons. The van der Waals surface area contributed by atoms with E-state index in [1.807, 2.05) is 6.07 Å². The summed E-state index contributed by atoms with van der Waals surface area (Å²) >= 11 is 3.32. The maximum absolute atomic E-state index is 11.9. The van der Waals surface area contributed by atoms with E-state index in [-0.39, 0.29) is 5.91 Å². The third kappa shape index (κ3) is 5.08. The number of nitrogens with one attached hydrogen (secondary N) is 1. The standard InChI is InChI=1S/C14H21BrN2O/c1-10(2)5-3-4-8-17-14(18)12-7-6-11(15)9-13(12)16/h6-7,9-10H,3-5,8,16H2,1-2H3,(H,17,18). The lowest BCUT2D eigenvalue weighted by molar-refractivity contribution is 0.0954. The quantitative estimate of drug-likeness (QED) is 0.623. The van der Waals surface area contributed by atoms with Crippen LogP contribution in [-0.4, -0.2) is 12.5 Å². The lowest BCUT2D eigenvalue weighted by atomic mass is 10.1. The van der Waals surface area contributed by atoms with Gasteiger partial charge in [-0.25, -0.2) is 0 Å². The molecule has 0 radical (unpaired) electrons. The van der Waals surface area contributed by atoms with Gasteiger partial charge in [0.2, 0.25) is 0 Å². The molecule has 0 aliphatic carbocycles. The summed E-state index contributed by atoms with van der Waals surface area (Å²) in [5.74, 6) is 0.632. The third-order valence-electron chi connectivity index (χ3n) is 2.75. The first-order valence-electron chi connectivity index (χ1n) is 6.34. The van der Waals surface area contributed by atoms with E-state index in [0.717, 1.165) is 23.2 Å². The Morgan fingerprint density at radius 2 is 2.11 bits per heavy atom. The number of amides is 1. The van der Waals surface area contributed by atoms with Crippen LogP contribution in [0.3, 0.4) is 0 Å². The number of unbranched alkanes of at least 4 members (excludes halogenated alkanes) is 1. The minimum atomic E-state index is -0.0930. The lowest BCUT2D eigenvalue weighted by Gasteiger charge is -2.08. The summed E-state index contributed by atoms with van der Waals surface area (Å²) in [6, 6.07) is 5.31. The van der Waals surface area contributed by atoms with E-state index in [0.29, 0.717) is 17.8 Å². The van der Waals surface area contributed by atoms with Crippen LogP contribution in [0.5, 0.6) is 0 Å². The summed E-state index contributed by atoms with van der Waals surface area (Å²) in [6.07, 6.45) is 3.37. The average molecular weight is 313 g/mol. The number of nitrogen functional groups attached to an aromatic ring is 1. The van der Waals surface area contributed by atoms with Gasteiger partial charge in [0, 0.05) is 16.7 Å². The van der Waals surface area contributed by atoms with Gasteiger partial charge in [0.1, 0.15) is 0 Å². The first-order chi connectivity index (χ1) is 8.50. The molecule has 0 aliphatic rings. The highest BCUT2D eigenvalue weighted by Gasteiger charge is 2.08. The number of hydrogen-bond donors (Lipinski definition) is 2. The van der Waals surface area contributed by atoms with Gasteiger partial charge >= 0.3 is 0 Å². The Morgan fingerprint density at radius 3 is 2.72 bits per heavy atom. The highest BCUT2D eigenvalue weighted by molar-refractivity contribution is 9.10. The predicted octanol–water partition coefficient (Wildman–Crippen LogP) is 3.59. The van der Waals surface area contributed by atoms with Gasteiger partial charge in [-0.05, 0) is 30.5 Å². The topological polar surface area (TPSA) is 55.1 Å². The van der Waals surface area contributed by atoms with E-state index in [1.165, 1.54) is 6.42 Å². The summed E-state index contributed by atoms with van der Waals surface area (Å²) in [5.41, 5.74) is 6.85. The van der Waals surface area contributed by atoms with E-state index in [2.05, 4.69) is 35.1 Å². The van der Waals surface area contributed by atoms with Crippen LogP contribution in [0.1, 0.15) is 43.5 Å². The van der Waals surface area contributed by atoms with Gasteiger partial charge in [-0.3, -0.25) is 4.79 Å². The molecule has 1 aromatic carbocycles. The number of carbonyl (C=O) groups excluding carboxylic acids is 1. The fraction of sp³-hybridized carbons (Fsp3) is 0.500. The zero-order valence-electron chi connectivity index (χ0n) is 11.0. The Kier molecular flexibility index (Phi) is 6.19.